The molecule has 12 nitrogen and oxygen atoms in total. The van der Waals surface area contributed by atoms with Crippen molar-refractivity contribution in [3.8, 4) is 0 Å². The van der Waals surface area contributed by atoms with Gasteiger partial charge in [-0.05, 0) is 41.5 Å². The molecule has 0 spiro atoms. The maximum atomic E-state index is 9.79. The highest BCUT2D eigenvalue weighted by molar-refractivity contribution is 5.45. The van der Waals surface area contributed by atoms with Gasteiger partial charge in [-0.3, -0.25) is 14.7 Å². The van der Waals surface area contributed by atoms with Gasteiger partial charge in [-0.15, -0.1) is 0 Å². The number of aromatic nitrogens is 3. The topological polar surface area (TPSA) is 137 Å². The standard InChI is InChI=1S/C18H36N6O6/c1-13(2)28-10-22(7-25)16-19-17(23(8-26)11-29-14(3)4)21-18(20-16)24(9-27)12-30-15(5)6/h13-15,25-27H,7-12H2,1-6H3. The van der Waals surface area contributed by atoms with E-state index in [-0.39, 0.29) is 56.3 Å². The van der Waals surface area contributed by atoms with Gasteiger partial charge in [-0.25, -0.2) is 0 Å². The molecule has 30 heavy (non-hydrogen) atoms. The summed E-state index contributed by atoms with van der Waals surface area (Å²) in [6.07, 6.45) is -0.204. The first-order valence-electron chi connectivity index (χ1n) is 9.90. The van der Waals surface area contributed by atoms with Crippen molar-refractivity contribution >= 4 is 17.8 Å². The van der Waals surface area contributed by atoms with Gasteiger partial charge in [-0.1, -0.05) is 0 Å². The largest absolute Gasteiger partial charge is 0.376 e. The lowest BCUT2D eigenvalue weighted by Gasteiger charge is -2.27. The molecule has 0 saturated carbocycles. The molecule has 0 atom stereocenters. The molecule has 0 aliphatic heterocycles. The molecule has 3 N–H and O–H groups in total. The van der Waals surface area contributed by atoms with Crippen molar-refractivity contribution in [1.29, 1.82) is 0 Å². The summed E-state index contributed by atoms with van der Waals surface area (Å²) in [5.74, 6) is 0.345. The van der Waals surface area contributed by atoms with Crippen molar-refractivity contribution in [2.45, 2.75) is 59.9 Å². The third kappa shape index (κ3) is 8.90. The molecule has 0 amide bonds. The Morgan fingerprint density at radius 3 is 0.967 bits per heavy atom. The molecule has 0 aliphatic carbocycles. The molecule has 12 heteroatoms. The Labute approximate surface area is 178 Å². The fourth-order valence-electron chi connectivity index (χ4n) is 1.97. The zero-order chi connectivity index (χ0) is 22.7. The van der Waals surface area contributed by atoms with Crippen LogP contribution in [0.5, 0.6) is 0 Å². The van der Waals surface area contributed by atoms with Gasteiger partial charge in [0.1, 0.15) is 40.4 Å². The third-order valence-corrected chi connectivity index (χ3v) is 3.65. The fraction of sp³-hybridized carbons (Fsp3) is 0.833. The molecule has 1 heterocycles. The summed E-state index contributed by atoms with van der Waals surface area (Å²) < 4.78 is 16.7. The van der Waals surface area contributed by atoms with E-state index in [4.69, 9.17) is 14.2 Å². The second-order valence-electron chi connectivity index (χ2n) is 7.31. The minimum absolute atomic E-state index is 0.0420. The van der Waals surface area contributed by atoms with Crippen molar-refractivity contribution in [2.24, 2.45) is 0 Å². The molecule has 174 valence electrons. The van der Waals surface area contributed by atoms with Gasteiger partial charge in [0.2, 0.25) is 17.8 Å². The van der Waals surface area contributed by atoms with Crippen molar-refractivity contribution in [3.05, 3.63) is 0 Å². The van der Waals surface area contributed by atoms with E-state index in [1.807, 2.05) is 41.5 Å². The Balaban J connectivity index is 3.30. The van der Waals surface area contributed by atoms with E-state index >= 15 is 0 Å². The van der Waals surface area contributed by atoms with E-state index in [2.05, 4.69) is 15.0 Å². The molecule has 0 fully saturated rings. The highest BCUT2D eigenvalue weighted by atomic mass is 16.5. The normalized spacial score (nSPS) is 11.6. The van der Waals surface area contributed by atoms with Crippen LogP contribution in [0.25, 0.3) is 0 Å². The molecule has 1 aromatic heterocycles. The molecular weight excluding hydrogens is 396 g/mol. The van der Waals surface area contributed by atoms with Crippen LogP contribution in [0.3, 0.4) is 0 Å². The molecule has 0 aliphatic rings. The lowest BCUT2D eigenvalue weighted by molar-refractivity contribution is 0.0660. The SMILES string of the molecule is CC(C)OCN(CO)c1nc(N(CO)COC(C)C)nc(N(CO)COC(C)C)n1. The van der Waals surface area contributed by atoms with Crippen LogP contribution >= 0.6 is 0 Å². The predicted molar refractivity (Wildman–Crippen MR) is 112 cm³/mol. The molecule has 0 radical (unpaired) electrons. The van der Waals surface area contributed by atoms with Crippen LogP contribution in [-0.4, -0.2) is 89.0 Å². The summed E-state index contributed by atoms with van der Waals surface area (Å²) in [5, 5.41) is 29.4. The van der Waals surface area contributed by atoms with Gasteiger partial charge in [0.05, 0.1) is 18.3 Å². The van der Waals surface area contributed by atoms with Gasteiger partial charge in [-0.2, -0.15) is 15.0 Å². The highest BCUT2D eigenvalue weighted by Crippen LogP contribution is 2.19. The summed E-state index contributed by atoms with van der Waals surface area (Å²) in [6, 6.07) is 0. The smallest absolute Gasteiger partial charge is 0.235 e. The average Bonchev–Trinajstić information content (AvgIpc) is 2.68. The van der Waals surface area contributed by atoms with Gasteiger partial charge < -0.3 is 29.5 Å². The number of aliphatic hydroxyl groups excluding tert-OH is 3. The number of ether oxygens (including phenoxy) is 3. The lowest BCUT2D eigenvalue weighted by atomic mass is 10.5. The van der Waals surface area contributed by atoms with Crippen LogP contribution in [-0.2, 0) is 14.2 Å². The van der Waals surface area contributed by atoms with E-state index in [1.54, 1.807) is 0 Å². The monoisotopic (exact) mass is 432 g/mol. The van der Waals surface area contributed by atoms with Crippen LogP contribution < -0.4 is 14.7 Å². The number of hydrogen-bond donors (Lipinski definition) is 3. The molecular formula is C18H36N6O6. The summed E-state index contributed by atoms with van der Waals surface area (Å²) >= 11 is 0. The molecule has 1 aromatic rings. The Bertz CT molecular complexity index is 513. The van der Waals surface area contributed by atoms with Crippen LogP contribution in [0.15, 0.2) is 0 Å². The summed E-state index contributed by atoms with van der Waals surface area (Å²) in [5.41, 5.74) is 0. The Hall–Kier alpha value is -1.83. The number of hydrogen-bond acceptors (Lipinski definition) is 12. The molecule has 1 rings (SSSR count). The van der Waals surface area contributed by atoms with Crippen molar-refractivity contribution < 1.29 is 29.5 Å². The first-order chi connectivity index (χ1) is 14.2. The van der Waals surface area contributed by atoms with E-state index in [1.165, 1.54) is 14.7 Å². The summed E-state index contributed by atoms with van der Waals surface area (Å²) in [4.78, 5) is 17.2. The maximum absolute atomic E-state index is 9.79. The Kier molecular flexibility index (Phi) is 11.8. The minimum Gasteiger partial charge on any atom is -0.376 e. The van der Waals surface area contributed by atoms with Crippen molar-refractivity contribution in [2.75, 3.05) is 55.1 Å². The average molecular weight is 433 g/mol. The Morgan fingerprint density at radius 1 is 0.567 bits per heavy atom. The maximum Gasteiger partial charge on any atom is 0.235 e. The molecule has 0 bridgehead atoms. The van der Waals surface area contributed by atoms with Gasteiger partial charge in [0, 0.05) is 0 Å². The second-order valence-corrected chi connectivity index (χ2v) is 7.31. The zero-order valence-corrected chi connectivity index (χ0v) is 18.7. The predicted octanol–water partition coefficient (Wildman–Crippen LogP) is 0.288. The molecule has 0 unspecified atom stereocenters. The molecule has 0 aromatic carbocycles. The number of anilines is 3. The highest BCUT2D eigenvalue weighted by Gasteiger charge is 2.21. The van der Waals surface area contributed by atoms with E-state index in [0.29, 0.717) is 0 Å². The summed E-state index contributed by atoms with van der Waals surface area (Å²) in [6.45, 7) is 10.1. The van der Waals surface area contributed by atoms with Crippen LogP contribution in [0, 0.1) is 0 Å². The number of aliphatic hydroxyl groups is 3. The molecule has 0 saturated heterocycles. The first-order valence-corrected chi connectivity index (χ1v) is 9.90. The third-order valence-electron chi connectivity index (χ3n) is 3.65. The van der Waals surface area contributed by atoms with E-state index < -0.39 is 20.2 Å². The van der Waals surface area contributed by atoms with Gasteiger partial charge in [0.25, 0.3) is 0 Å². The van der Waals surface area contributed by atoms with Gasteiger partial charge >= 0.3 is 0 Å². The van der Waals surface area contributed by atoms with Crippen molar-refractivity contribution in [1.82, 2.24) is 15.0 Å². The first kappa shape index (κ1) is 26.2. The summed E-state index contributed by atoms with van der Waals surface area (Å²) in [7, 11) is 0. The zero-order valence-electron chi connectivity index (χ0n) is 18.7. The van der Waals surface area contributed by atoms with Crippen molar-refractivity contribution in [3.63, 3.8) is 0 Å². The number of nitrogens with zero attached hydrogens (tertiary/aromatic N) is 6. The fourth-order valence-corrected chi connectivity index (χ4v) is 1.97. The van der Waals surface area contributed by atoms with E-state index in [9.17, 15) is 15.3 Å². The quantitative estimate of drug-likeness (QED) is 0.328. The second kappa shape index (κ2) is 13.5. The van der Waals surface area contributed by atoms with Crippen LogP contribution in [0.4, 0.5) is 17.8 Å². The van der Waals surface area contributed by atoms with Crippen LogP contribution in [0.1, 0.15) is 41.5 Å². The minimum atomic E-state index is -0.404. The lowest BCUT2D eigenvalue weighted by Crippen LogP contribution is -2.36. The van der Waals surface area contributed by atoms with Gasteiger partial charge in [0.15, 0.2) is 0 Å². The number of rotatable bonds is 15. The Morgan fingerprint density at radius 2 is 0.800 bits per heavy atom. The van der Waals surface area contributed by atoms with Crippen LogP contribution in [0.2, 0.25) is 0 Å². The van der Waals surface area contributed by atoms with E-state index in [0.717, 1.165) is 0 Å².